The van der Waals surface area contributed by atoms with Gasteiger partial charge < -0.3 is 15.0 Å². The number of carbonyl (C=O) groups is 2. The zero-order valence-corrected chi connectivity index (χ0v) is 21.6. The number of nitrogens with one attached hydrogen (secondary N) is 1. The number of alkyl carbamates (subject to hydrolysis) is 1. The lowest BCUT2D eigenvalue weighted by Crippen LogP contribution is -2.43. The van der Waals surface area contributed by atoms with E-state index in [0.29, 0.717) is 6.42 Å². The molecule has 0 saturated heterocycles. The highest BCUT2D eigenvalue weighted by Crippen LogP contribution is 2.44. The normalized spacial score (nSPS) is 19.4. The summed E-state index contributed by atoms with van der Waals surface area (Å²) in [6, 6.07) is 35.6. The minimum absolute atomic E-state index is 0.0118. The van der Waals surface area contributed by atoms with Gasteiger partial charge in [0.15, 0.2) is 0 Å². The molecule has 5 heteroatoms. The summed E-state index contributed by atoms with van der Waals surface area (Å²) >= 11 is 0. The van der Waals surface area contributed by atoms with Crippen molar-refractivity contribution < 1.29 is 14.3 Å². The molecule has 0 spiro atoms. The van der Waals surface area contributed by atoms with E-state index in [1.807, 2.05) is 95.9 Å². The second-order valence-electron chi connectivity index (χ2n) is 9.99. The molecule has 0 bridgehead atoms. The molecule has 2 aliphatic rings. The predicted octanol–water partition coefficient (Wildman–Crippen LogP) is 7.02. The lowest BCUT2D eigenvalue weighted by Gasteiger charge is -2.33. The number of ether oxygens (including phenoxy) is 1. The Morgan fingerprint density at radius 3 is 2.05 bits per heavy atom. The second kappa shape index (κ2) is 11.0. The van der Waals surface area contributed by atoms with Crippen molar-refractivity contribution in [2.45, 2.75) is 30.8 Å². The maximum Gasteiger partial charge on any atom is 0.407 e. The van der Waals surface area contributed by atoms with Gasteiger partial charge in [0, 0.05) is 24.1 Å². The lowest BCUT2D eigenvalue weighted by atomic mass is 9.98. The summed E-state index contributed by atoms with van der Waals surface area (Å²) in [6.07, 6.45) is 4.31. The van der Waals surface area contributed by atoms with Crippen molar-refractivity contribution in [3.05, 3.63) is 138 Å². The first-order chi connectivity index (χ1) is 19.2. The first-order valence-electron chi connectivity index (χ1n) is 13.4. The zero-order chi connectivity index (χ0) is 26.6. The van der Waals surface area contributed by atoms with Crippen LogP contribution in [-0.4, -0.2) is 24.6 Å². The number of benzene rings is 4. The number of anilines is 1. The minimum atomic E-state index is -0.505. The van der Waals surface area contributed by atoms with Crippen LogP contribution in [0.15, 0.2) is 121 Å². The van der Waals surface area contributed by atoms with Crippen LogP contribution in [0.1, 0.15) is 41.5 Å². The van der Waals surface area contributed by atoms with Gasteiger partial charge in [-0.3, -0.25) is 4.79 Å². The van der Waals surface area contributed by atoms with E-state index in [2.05, 4.69) is 35.7 Å². The number of fused-ring (bicyclic) bond motifs is 3. The van der Waals surface area contributed by atoms with Gasteiger partial charge in [0.05, 0.1) is 6.04 Å². The average molecular weight is 515 g/mol. The van der Waals surface area contributed by atoms with Crippen LogP contribution in [0, 0.1) is 0 Å². The molecule has 2 amide bonds. The van der Waals surface area contributed by atoms with Crippen molar-refractivity contribution in [3.8, 4) is 11.1 Å². The van der Waals surface area contributed by atoms with Gasteiger partial charge in [-0.15, -0.1) is 0 Å². The Balaban J connectivity index is 1.17. The molecule has 4 aromatic rings. The first-order valence-corrected chi connectivity index (χ1v) is 13.4. The van der Waals surface area contributed by atoms with Crippen molar-refractivity contribution in [2.24, 2.45) is 0 Å². The van der Waals surface area contributed by atoms with E-state index in [-0.39, 0.29) is 36.9 Å². The topological polar surface area (TPSA) is 58.6 Å². The highest BCUT2D eigenvalue weighted by molar-refractivity contribution is 5.95. The van der Waals surface area contributed by atoms with E-state index in [1.54, 1.807) is 0 Å². The molecule has 4 aromatic carbocycles. The summed E-state index contributed by atoms with van der Waals surface area (Å²) in [6.45, 7) is 0.239. The Labute approximate surface area is 228 Å². The first kappa shape index (κ1) is 24.7. The molecule has 5 nitrogen and oxygen atoms in total. The van der Waals surface area contributed by atoms with Gasteiger partial charge >= 0.3 is 6.09 Å². The number of nitrogens with zero attached hydrogens (tertiary/aromatic N) is 1. The molecule has 2 atom stereocenters. The summed E-state index contributed by atoms with van der Waals surface area (Å²) in [5.74, 6) is -0.0643. The SMILES string of the molecule is O=C(N[C@H]1C/C=C\[C@H](c2ccccc2)N(c2ccccc2)C(=O)C1)OCC1c2ccccc2-c2ccccc21. The lowest BCUT2D eigenvalue weighted by molar-refractivity contribution is -0.119. The molecule has 1 aliphatic heterocycles. The smallest absolute Gasteiger partial charge is 0.407 e. The fourth-order valence-corrected chi connectivity index (χ4v) is 5.73. The van der Waals surface area contributed by atoms with E-state index in [9.17, 15) is 9.59 Å². The summed E-state index contributed by atoms with van der Waals surface area (Å²) in [5.41, 5.74) is 6.57. The summed E-state index contributed by atoms with van der Waals surface area (Å²) in [5, 5.41) is 2.96. The summed E-state index contributed by atoms with van der Waals surface area (Å²) < 4.78 is 5.75. The quantitative estimate of drug-likeness (QED) is 0.291. The molecule has 1 N–H and O–H groups in total. The van der Waals surface area contributed by atoms with Gasteiger partial charge in [0.1, 0.15) is 6.61 Å². The molecule has 6 rings (SSSR count). The van der Waals surface area contributed by atoms with Gasteiger partial charge in [0.25, 0.3) is 0 Å². The van der Waals surface area contributed by atoms with Crippen LogP contribution in [0.5, 0.6) is 0 Å². The Bertz CT molecular complexity index is 1450. The van der Waals surface area contributed by atoms with E-state index in [1.165, 1.54) is 22.3 Å². The number of hydrogen-bond acceptors (Lipinski definition) is 3. The van der Waals surface area contributed by atoms with Gasteiger partial charge in [-0.1, -0.05) is 109 Å². The molecule has 0 unspecified atom stereocenters. The van der Waals surface area contributed by atoms with Crippen molar-refractivity contribution in [2.75, 3.05) is 11.5 Å². The van der Waals surface area contributed by atoms with Crippen LogP contribution in [-0.2, 0) is 9.53 Å². The van der Waals surface area contributed by atoms with Crippen LogP contribution in [0.4, 0.5) is 10.5 Å². The van der Waals surface area contributed by atoms with Crippen LogP contribution in [0.2, 0.25) is 0 Å². The van der Waals surface area contributed by atoms with Gasteiger partial charge in [-0.05, 0) is 46.4 Å². The highest BCUT2D eigenvalue weighted by atomic mass is 16.5. The van der Waals surface area contributed by atoms with Gasteiger partial charge in [-0.2, -0.15) is 0 Å². The van der Waals surface area contributed by atoms with Crippen molar-refractivity contribution >= 4 is 17.7 Å². The van der Waals surface area contributed by atoms with Gasteiger partial charge in [-0.25, -0.2) is 4.79 Å². The maximum atomic E-state index is 13.7. The molecule has 0 fully saturated rings. The highest BCUT2D eigenvalue weighted by Gasteiger charge is 2.31. The molecule has 0 aromatic heterocycles. The fraction of sp³-hybridized carbons (Fsp3) is 0.176. The van der Waals surface area contributed by atoms with Crippen molar-refractivity contribution in [1.82, 2.24) is 5.32 Å². The van der Waals surface area contributed by atoms with Crippen molar-refractivity contribution in [3.63, 3.8) is 0 Å². The van der Waals surface area contributed by atoms with E-state index >= 15 is 0 Å². The molecule has 194 valence electrons. The molecule has 39 heavy (non-hydrogen) atoms. The maximum absolute atomic E-state index is 13.7. The second-order valence-corrected chi connectivity index (χ2v) is 9.99. The summed E-state index contributed by atoms with van der Waals surface area (Å²) in [7, 11) is 0. The standard InChI is InChI=1S/C34H30N2O3/c37-33-22-25(14-11-21-32(24-12-3-1-4-13-24)36(33)26-15-5-2-6-16-26)35-34(38)39-23-31-29-19-9-7-17-27(29)28-18-8-10-20-30(28)31/h1-13,15-21,25,31-32H,14,22-23H2,(H,35,38)/b21-11-/t25-,32+/m0/s1. The van der Waals surface area contributed by atoms with Crippen LogP contribution in [0.3, 0.4) is 0 Å². The Morgan fingerprint density at radius 1 is 0.795 bits per heavy atom. The average Bonchev–Trinajstić information content (AvgIpc) is 3.29. The van der Waals surface area contributed by atoms with Crippen LogP contribution < -0.4 is 10.2 Å². The Morgan fingerprint density at radius 2 is 1.38 bits per heavy atom. The number of rotatable bonds is 5. The van der Waals surface area contributed by atoms with Crippen molar-refractivity contribution in [1.29, 1.82) is 0 Å². The zero-order valence-electron chi connectivity index (χ0n) is 21.6. The third-order valence-electron chi connectivity index (χ3n) is 7.55. The Hall–Kier alpha value is -4.64. The van der Waals surface area contributed by atoms with Crippen LogP contribution >= 0.6 is 0 Å². The molecule has 0 saturated carbocycles. The number of carbonyl (C=O) groups excluding carboxylic acids is 2. The molecule has 1 aliphatic carbocycles. The number of para-hydroxylation sites is 1. The fourth-order valence-electron chi connectivity index (χ4n) is 5.73. The van der Waals surface area contributed by atoms with Gasteiger partial charge in [0.2, 0.25) is 5.91 Å². The monoisotopic (exact) mass is 514 g/mol. The third kappa shape index (κ3) is 5.08. The molecular weight excluding hydrogens is 484 g/mol. The Kier molecular flexibility index (Phi) is 6.96. The van der Waals surface area contributed by atoms with E-state index in [0.717, 1.165) is 11.3 Å². The largest absolute Gasteiger partial charge is 0.449 e. The third-order valence-corrected chi connectivity index (χ3v) is 7.55. The summed E-state index contributed by atoms with van der Waals surface area (Å²) in [4.78, 5) is 28.5. The minimum Gasteiger partial charge on any atom is -0.449 e. The molecule has 0 radical (unpaired) electrons. The molecule has 1 heterocycles. The molecular formula is C34H30N2O3. The van der Waals surface area contributed by atoms with E-state index in [4.69, 9.17) is 4.74 Å². The number of amides is 2. The van der Waals surface area contributed by atoms with Crippen LogP contribution in [0.25, 0.3) is 11.1 Å². The van der Waals surface area contributed by atoms with E-state index < -0.39 is 6.09 Å². The number of hydrogen-bond donors (Lipinski definition) is 1. The predicted molar refractivity (Wildman–Crippen MR) is 153 cm³/mol.